The Balaban J connectivity index is 3.94. The standard InChI is InChI=1S/C4H7F3N2/c5-4(6,7)3(1-8)2-9/h1,3,8H,2,9H2. The fraction of sp³-hybridized carbons (Fsp3) is 0.750. The van der Waals surface area contributed by atoms with E-state index in [0.717, 1.165) is 0 Å². The summed E-state index contributed by atoms with van der Waals surface area (Å²) in [6.45, 7) is -0.549. The number of hydrogen-bond acceptors (Lipinski definition) is 2. The molecular weight excluding hydrogens is 133 g/mol. The average Bonchev–Trinajstić information content (AvgIpc) is 1.65. The highest BCUT2D eigenvalue weighted by Crippen LogP contribution is 2.23. The van der Waals surface area contributed by atoms with Gasteiger partial charge in [-0.3, -0.25) is 0 Å². The summed E-state index contributed by atoms with van der Waals surface area (Å²) in [7, 11) is 0. The van der Waals surface area contributed by atoms with Gasteiger partial charge in [0.1, 0.15) is 5.92 Å². The lowest BCUT2D eigenvalue weighted by atomic mass is 10.2. The number of alkyl halides is 3. The topological polar surface area (TPSA) is 49.9 Å². The van der Waals surface area contributed by atoms with E-state index < -0.39 is 18.6 Å². The van der Waals surface area contributed by atoms with Gasteiger partial charge in [-0.2, -0.15) is 13.2 Å². The van der Waals surface area contributed by atoms with Gasteiger partial charge in [-0.05, 0) is 0 Å². The molecule has 2 nitrogen and oxygen atoms in total. The second-order valence-electron chi connectivity index (χ2n) is 1.55. The molecule has 0 heterocycles. The molecule has 0 spiro atoms. The van der Waals surface area contributed by atoms with Crippen molar-refractivity contribution in [3.63, 3.8) is 0 Å². The van der Waals surface area contributed by atoms with E-state index in [1.165, 1.54) is 0 Å². The monoisotopic (exact) mass is 140 g/mol. The highest BCUT2D eigenvalue weighted by Gasteiger charge is 2.36. The molecule has 0 radical (unpaired) electrons. The first-order valence-electron chi connectivity index (χ1n) is 2.29. The van der Waals surface area contributed by atoms with E-state index in [2.05, 4.69) is 0 Å². The van der Waals surface area contributed by atoms with Crippen LogP contribution in [0.15, 0.2) is 0 Å². The summed E-state index contributed by atoms with van der Waals surface area (Å²) in [5.41, 5.74) is 4.70. The number of halogens is 3. The minimum absolute atomic E-state index is 0.306. The van der Waals surface area contributed by atoms with E-state index in [9.17, 15) is 13.2 Å². The van der Waals surface area contributed by atoms with Crippen molar-refractivity contribution in [2.24, 2.45) is 11.7 Å². The van der Waals surface area contributed by atoms with Crippen molar-refractivity contribution in [1.29, 1.82) is 5.41 Å². The average molecular weight is 140 g/mol. The summed E-state index contributed by atoms with van der Waals surface area (Å²) in [6.07, 6.45) is -4.05. The third-order valence-electron chi connectivity index (χ3n) is 0.876. The summed E-state index contributed by atoms with van der Waals surface area (Å²) >= 11 is 0. The van der Waals surface area contributed by atoms with Crippen LogP contribution in [0.2, 0.25) is 0 Å². The molecule has 0 aromatic carbocycles. The third kappa shape index (κ3) is 2.46. The predicted molar refractivity (Wildman–Crippen MR) is 27.4 cm³/mol. The molecule has 9 heavy (non-hydrogen) atoms. The van der Waals surface area contributed by atoms with Gasteiger partial charge in [-0.25, -0.2) is 0 Å². The molecule has 0 saturated carbocycles. The van der Waals surface area contributed by atoms with Crippen molar-refractivity contribution in [2.75, 3.05) is 6.54 Å². The van der Waals surface area contributed by atoms with Crippen LogP contribution in [0.3, 0.4) is 0 Å². The largest absolute Gasteiger partial charge is 0.397 e. The van der Waals surface area contributed by atoms with E-state index in [1.807, 2.05) is 0 Å². The van der Waals surface area contributed by atoms with E-state index in [1.54, 1.807) is 0 Å². The number of nitrogens with two attached hydrogens (primary N) is 1. The fourth-order valence-corrected chi connectivity index (χ4v) is 0.296. The quantitative estimate of drug-likeness (QED) is 0.547. The lowest BCUT2D eigenvalue weighted by Gasteiger charge is -2.11. The minimum atomic E-state index is -4.35. The van der Waals surface area contributed by atoms with Crippen molar-refractivity contribution in [2.45, 2.75) is 6.18 Å². The first kappa shape index (κ1) is 8.42. The maximum absolute atomic E-state index is 11.5. The Bertz CT molecular complexity index is 98.5. The van der Waals surface area contributed by atoms with Gasteiger partial charge in [-0.15, -0.1) is 0 Å². The van der Waals surface area contributed by atoms with Gasteiger partial charge in [0, 0.05) is 12.8 Å². The molecule has 0 aromatic heterocycles. The van der Waals surface area contributed by atoms with Crippen LogP contribution in [0, 0.1) is 11.3 Å². The van der Waals surface area contributed by atoms with E-state index >= 15 is 0 Å². The molecule has 0 aliphatic carbocycles. The number of hydrogen-bond donors (Lipinski definition) is 2. The lowest BCUT2D eigenvalue weighted by molar-refractivity contribution is -0.151. The molecule has 54 valence electrons. The van der Waals surface area contributed by atoms with Crippen molar-refractivity contribution in [3.8, 4) is 0 Å². The first-order valence-corrected chi connectivity index (χ1v) is 2.29. The van der Waals surface area contributed by atoms with Gasteiger partial charge >= 0.3 is 6.18 Å². The Morgan fingerprint density at radius 2 is 2.00 bits per heavy atom. The van der Waals surface area contributed by atoms with Crippen molar-refractivity contribution < 1.29 is 13.2 Å². The van der Waals surface area contributed by atoms with E-state index in [4.69, 9.17) is 11.1 Å². The molecule has 0 aromatic rings. The molecule has 0 fully saturated rings. The second-order valence-corrected chi connectivity index (χ2v) is 1.55. The summed E-state index contributed by atoms with van der Waals surface area (Å²) in [5, 5.41) is 6.29. The molecule has 0 rings (SSSR count). The third-order valence-corrected chi connectivity index (χ3v) is 0.876. The Labute approximate surface area is 50.4 Å². The SMILES string of the molecule is N=CC(CN)C(F)(F)F. The van der Waals surface area contributed by atoms with Crippen LogP contribution in [-0.4, -0.2) is 18.9 Å². The van der Waals surface area contributed by atoms with Crippen LogP contribution in [0.4, 0.5) is 13.2 Å². The Morgan fingerprint density at radius 3 is 2.00 bits per heavy atom. The van der Waals surface area contributed by atoms with Gasteiger partial charge in [-0.1, -0.05) is 0 Å². The van der Waals surface area contributed by atoms with Gasteiger partial charge in [0.25, 0.3) is 0 Å². The second kappa shape index (κ2) is 2.82. The molecule has 0 aliphatic heterocycles. The molecule has 1 atom stereocenters. The zero-order valence-corrected chi connectivity index (χ0v) is 4.57. The van der Waals surface area contributed by atoms with Crippen LogP contribution < -0.4 is 5.73 Å². The number of rotatable bonds is 2. The van der Waals surface area contributed by atoms with Crippen LogP contribution in [0.1, 0.15) is 0 Å². The molecule has 1 unspecified atom stereocenters. The molecule has 0 amide bonds. The smallest absolute Gasteiger partial charge is 0.329 e. The predicted octanol–water partition coefficient (Wildman–Crippen LogP) is 0.773. The Kier molecular flexibility index (Phi) is 2.64. The lowest BCUT2D eigenvalue weighted by Crippen LogP contribution is -2.30. The van der Waals surface area contributed by atoms with Crippen LogP contribution in [0.5, 0.6) is 0 Å². The highest BCUT2D eigenvalue weighted by atomic mass is 19.4. The molecule has 0 aliphatic rings. The van der Waals surface area contributed by atoms with Gasteiger partial charge in [0.2, 0.25) is 0 Å². The van der Waals surface area contributed by atoms with Crippen LogP contribution in [0.25, 0.3) is 0 Å². The fourth-order valence-electron chi connectivity index (χ4n) is 0.296. The molecule has 5 heteroatoms. The molecular formula is C4H7F3N2. The summed E-state index contributed by atoms with van der Waals surface area (Å²) in [6, 6.07) is 0. The summed E-state index contributed by atoms with van der Waals surface area (Å²) in [5.74, 6) is -1.78. The minimum Gasteiger partial charge on any atom is -0.329 e. The first-order chi connectivity index (χ1) is 4.02. The number of nitrogens with one attached hydrogen (secondary N) is 1. The molecule has 0 bridgehead atoms. The Morgan fingerprint density at radius 1 is 1.56 bits per heavy atom. The van der Waals surface area contributed by atoms with Gasteiger partial charge in [0.05, 0.1) is 0 Å². The van der Waals surface area contributed by atoms with E-state index in [0.29, 0.717) is 6.21 Å². The van der Waals surface area contributed by atoms with Crippen LogP contribution >= 0.6 is 0 Å². The van der Waals surface area contributed by atoms with Crippen LogP contribution in [-0.2, 0) is 0 Å². The zero-order chi connectivity index (χ0) is 7.49. The highest BCUT2D eigenvalue weighted by molar-refractivity contribution is 5.58. The van der Waals surface area contributed by atoms with Crippen molar-refractivity contribution >= 4 is 6.21 Å². The van der Waals surface area contributed by atoms with Gasteiger partial charge < -0.3 is 11.1 Å². The maximum atomic E-state index is 11.5. The maximum Gasteiger partial charge on any atom is 0.397 e. The van der Waals surface area contributed by atoms with Gasteiger partial charge in [0.15, 0.2) is 0 Å². The summed E-state index contributed by atoms with van der Waals surface area (Å²) in [4.78, 5) is 0. The van der Waals surface area contributed by atoms with Crippen molar-refractivity contribution in [3.05, 3.63) is 0 Å². The van der Waals surface area contributed by atoms with Crippen molar-refractivity contribution in [1.82, 2.24) is 0 Å². The zero-order valence-electron chi connectivity index (χ0n) is 4.57. The normalized spacial score (nSPS) is 15.1. The summed E-state index contributed by atoms with van der Waals surface area (Å²) < 4.78 is 34.5. The molecule has 3 N–H and O–H groups in total. The Hall–Kier alpha value is -0.580. The molecule has 0 saturated heterocycles. The van der Waals surface area contributed by atoms with E-state index in [-0.39, 0.29) is 0 Å².